The molecule has 0 aliphatic rings. The monoisotopic (exact) mass is 409 g/mol. The molecule has 30 heavy (non-hydrogen) atoms. The van der Waals surface area contributed by atoms with Crippen LogP contribution in [0.25, 0.3) is 27.8 Å². The lowest BCUT2D eigenvalue weighted by molar-refractivity contribution is 0.306. The molecule has 3 heteroatoms. The summed E-state index contributed by atoms with van der Waals surface area (Å²) >= 11 is 6.13. The Bertz CT molecular complexity index is 1280. The number of benzene rings is 4. The molecule has 0 radical (unpaired) electrons. The molecule has 0 fully saturated rings. The number of aromatic nitrogens is 1. The first kappa shape index (κ1) is 18.5. The Morgan fingerprint density at radius 3 is 2.13 bits per heavy atom. The fraction of sp³-hybridized carbons (Fsp3) is 0.0370. The maximum absolute atomic E-state index is 6.13. The van der Waals surface area contributed by atoms with Crippen LogP contribution in [0.1, 0.15) is 5.56 Å². The van der Waals surface area contributed by atoms with E-state index in [0.29, 0.717) is 6.61 Å². The Hall–Kier alpha value is -3.49. The second-order valence-electron chi connectivity index (χ2n) is 7.20. The van der Waals surface area contributed by atoms with Crippen LogP contribution in [0.3, 0.4) is 0 Å². The highest BCUT2D eigenvalue weighted by Crippen LogP contribution is 2.34. The minimum absolute atomic E-state index is 0.551. The standard InChI is InChI=1S/C27H20ClNO/c28-23-11-13-24(14-12-23)29-26-16-15-25(30-19-20-7-3-1-4-8-20)17-22(26)18-27(29)21-9-5-2-6-10-21/h1-18H,19H2. The van der Waals surface area contributed by atoms with E-state index >= 15 is 0 Å². The van der Waals surface area contributed by atoms with E-state index in [-0.39, 0.29) is 0 Å². The van der Waals surface area contributed by atoms with Gasteiger partial charge in [-0.1, -0.05) is 72.3 Å². The Labute approximate surface area is 180 Å². The van der Waals surface area contributed by atoms with Gasteiger partial charge in [0.1, 0.15) is 12.4 Å². The number of hydrogen-bond donors (Lipinski definition) is 0. The van der Waals surface area contributed by atoms with Gasteiger partial charge in [-0.25, -0.2) is 0 Å². The summed E-state index contributed by atoms with van der Waals surface area (Å²) in [5, 5.41) is 1.86. The van der Waals surface area contributed by atoms with E-state index < -0.39 is 0 Å². The van der Waals surface area contributed by atoms with Crippen molar-refractivity contribution in [3.8, 4) is 22.7 Å². The van der Waals surface area contributed by atoms with Crippen LogP contribution in [0.2, 0.25) is 5.02 Å². The molecule has 0 saturated heterocycles. The first-order valence-electron chi connectivity index (χ1n) is 9.91. The van der Waals surface area contributed by atoms with Crippen LogP contribution in [0, 0.1) is 0 Å². The molecular weight excluding hydrogens is 390 g/mol. The van der Waals surface area contributed by atoms with Gasteiger partial charge in [0.05, 0.1) is 11.2 Å². The van der Waals surface area contributed by atoms with Gasteiger partial charge in [-0.2, -0.15) is 0 Å². The van der Waals surface area contributed by atoms with Crippen LogP contribution in [-0.4, -0.2) is 4.57 Å². The van der Waals surface area contributed by atoms with Crippen molar-refractivity contribution in [2.24, 2.45) is 0 Å². The van der Waals surface area contributed by atoms with E-state index in [1.807, 2.05) is 54.6 Å². The second kappa shape index (κ2) is 8.10. The van der Waals surface area contributed by atoms with Gasteiger partial charge >= 0.3 is 0 Å². The summed E-state index contributed by atoms with van der Waals surface area (Å²) in [6, 6.07) is 37.1. The van der Waals surface area contributed by atoms with Gasteiger partial charge in [-0.05, 0) is 59.7 Å². The quantitative estimate of drug-likeness (QED) is 0.292. The van der Waals surface area contributed by atoms with Gasteiger partial charge in [0.25, 0.3) is 0 Å². The highest BCUT2D eigenvalue weighted by molar-refractivity contribution is 6.30. The minimum atomic E-state index is 0.551. The minimum Gasteiger partial charge on any atom is -0.489 e. The maximum atomic E-state index is 6.13. The molecule has 0 spiro atoms. The van der Waals surface area contributed by atoms with Crippen molar-refractivity contribution < 1.29 is 4.74 Å². The van der Waals surface area contributed by atoms with E-state index in [2.05, 4.69) is 59.2 Å². The number of fused-ring (bicyclic) bond motifs is 1. The third-order valence-corrected chi connectivity index (χ3v) is 5.43. The molecule has 0 aliphatic heterocycles. The van der Waals surface area contributed by atoms with Gasteiger partial charge in [0.15, 0.2) is 0 Å². The molecule has 146 valence electrons. The van der Waals surface area contributed by atoms with Crippen molar-refractivity contribution in [3.63, 3.8) is 0 Å². The third-order valence-electron chi connectivity index (χ3n) is 5.18. The SMILES string of the molecule is Clc1ccc(-n2c(-c3ccccc3)cc3cc(OCc4ccccc4)ccc32)cc1. The van der Waals surface area contributed by atoms with E-state index in [4.69, 9.17) is 16.3 Å². The van der Waals surface area contributed by atoms with Gasteiger partial charge in [-0.15, -0.1) is 0 Å². The Balaban J connectivity index is 1.58. The van der Waals surface area contributed by atoms with Crippen LogP contribution in [0.5, 0.6) is 5.75 Å². The normalized spacial score (nSPS) is 11.0. The second-order valence-corrected chi connectivity index (χ2v) is 7.64. The summed E-state index contributed by atoms with van der Waals surface area (Å²) in [7, 11) is 0. The number of halogens is 1. The molecule has 0 unspecified atom stereocenters. The molecule has 0 amide bonds. The van der Waals surface area contributed by atoms with Crippen LogP contribution in [-0.2, 0) is 6.61 Å². The molecule has 0 bridgehead atoms. The average molecular weight is 410 g/mol. The highest BCUT2D eigenvalue weighted by Gasteiger charge is 2.13. The van der Waals surface area contributed by atoms with Crippen molar-refractivity contribution >= 4 is 22.5 Å². The molecule has 5 aromatic rings. The largest absolute Gasteiger partial charge is 0.489 e. The highest BCUT2D eigenvalue weighted by atomic mass is 35.5. The smallest absolute Gasteiger partial charge is 0.120 e. The van der Waals surface area contributed by atoms with Crippen molar-refractivity contribution in [1.82, 2.24) is 4.57 Å². The van der Waals surface area contributed by atoms with Crippen molar-refractivity contribution in [2.75, 3.05) is 0 Å². The molecule has 1 heterocycles. The number of ether oxygens (including phenoxy) is 1. The summed E-state index contributed by atoms with van der Waals surface area (Å²) < 4.78 is 8.32. The average Bonchev–Trinajstić information content (AvgIpc) is 3.18. The molecular formula is C27H20ClNO. The van der Waals surface area contributed by atoms with Crippen LogP contribution < -0.4 is 4.74 Å². The topological polar surface area (TPSA) is 14.2 Å². The molecule has 0 aliphatic carbocycles. The van der Waals surface area contributed by atoms with Crippen LogP contribution in [0.4, 0.5) is 0 Å². The molecule has 0 atom stereocenters. The summed E-state index contributed by atoms with van der Waals surface area (Å²) in [6.45, 7) is 0.551. The lowest BCUT2D eigenvalue weighted by Crippen LogP contribution is -1.97. The molecule has 4 aromatic carbocycles. The van der Waals surface area contributed by atoms with Crippen LogP contribution in [0.15, 0.2) is 109 Å². The predicted octanol–water partition coefficient (Wildman–Crippen LogP) is 7.53. The predicted molar refractivity (Wildman–Crippen MR) is 124 cm³/mol. The fourth-order valence-electron chi connectivity index (χ4n) is 3.71. The number of nitrogens with zero attached hydrogens (tertiary/aromatic N) is 1. The lowest BCUT2D eigenvalue weighted by atomic mass is 10.1. The molecule has 5 rings (SSSR count). The Morgan fingerprint density at radius 2 is 1.40 bits per heavy atom. The molecule has 0 N–H and O–H groups in total. The summed E-state index contributed by atoms with van der Waals surface area (Å²) in [5.41, 5.74) is 5.65. The van der Waals surface area contributed by atoms with E-state index in [9.17, 15) is 0 Å². The summed E-state index contributed by atoms with van der Waals surface area (Å²) in [5.74, 6) is 0.860. The number of rotatable bonds is 5. The van der Waals surface area contributed by atoms with Crippen molar-refractivity contribution in [2.45, 2.75) is 6.61 Å². The molecule has 1 aromatic heterocycles. The third kappa shape index (κ3) is 3.70. The zero-order valence-corrected chi connectivity index (χ0v) is 17.1. The van der Waals surface area contributed by atoms with Gasteiger partial charge in [0, 0.05) is 16.1 Å². The molecule has 0 saturated carbocycles. The van der Waals surface area contributed by atoms with Crippen molar-refractivity contribution in [3.05, 3.63) is 120 Å². The zero-order chi connectivity index (χ0) is 20.3. The lowest BCUT2D eigenvalue weighted by Gasteiger charge is -2.12. The summed E-state index contributed by atoms with van der Waals surface area (Å²) in [4.78, 5) is 0. The van der Waals surface area contributed by atoms with Crippen LogP contribution >= 0.6 is 11.6 Å². The Kier molecular flexibility index (Phi) is 5.00. The maximum Gasteiger partial charge on any atom is 0.120 e. The first-order chi connectivity index (χ1) is 14.8. The fourth-order valence-corrected chi connectivity index (χ4v) is 3.84. The first-order valence-corrected chi connectivity index (χ1v) is 10.3. The van der Waals surface area contributed by atoms with Gasteiger partial charge < -0.3 is 9.30 Å². The number of hydrogen-bond acceptors (Lipinski definition) is 1. The van der Waals surface area contributed by atoms with Gasteiger partial charge in [0.2, 0.25) is 0 Å². The van der Waals surface area contributed by atoms with Gasteiger partial charge in [-0.3, -0.25) is 0 Å². The molecule has 2 nitrogen and oxygen atoms in total. The van der Waals surface area contributed by atoms with E-state index in [0.717, 1.165) is 44.2 Å². The van der Waals surface area contributed by atoms with E-state index in [1.165, 1.54) is 0 Å². The summed E-state index contributed by atoms with van der Waals surface area (Å²) in [6.07, 6.45) is 0. The van der Waals surface area contributed by atoms with Crippen molar-refractivity contribution in [1.29, 1.82) is 0 Å². The van der Waals surface area contributed by atoms with E-state index in [1.54, 1.807) is 0 Å². The Morgan fingerprint density at radius 1 is 0.700 bits per heavy atom. The zero-order valence-electron chi connectivity index (χ0n) is 16.3.